The Bertz CT molecular complexity index is 292. The molecule has 0 aliphatic heterocycles. The van der Waals surface area contributed by atoms with Gasteiger partial charge in [0.05, 0.1) is 0 Å². The van der Waals surface area contributed by atoms with Gasteiger partial charge in [0.2, 0.25) is 0 Å². The molecule has 0 aliphatic rings. The Kier molecular flexibility index (Phi) is 5.37. The summed E-state index contributed by atoms with van der Waals surface area (Å²) in [7, 11) is 0. The van der Waals surface area contributed by atoms with Gasteiger partial charge in [-0.05, 0) is 17.5 Å². The van der Waals surface area contributed by atoms with Crippen molar-refractivity contribution in [1.82, 2.24) is 4.98 Å². The van der Waals surface area contributed by atoms with Crippen molar-refractivity contribution in [3.8, 4) is 0 Å². The molecule has 0 unspecified atom stereocenters. The van der Waals surface area contributed by atoms with E-state index in [1.54, 1.807) is 11.8 Å². The fraction of sp³-hybridized carbons (Fsp3) is 0.333. The van der Waals surface area contributed by atoms with Crippen molar-refractivity contribution in [1.29, 1.82) is 0 Å². The van der Waals surface area contributed by atoms with Crippen LogP contribution in [0.3, 0.4) is 0 Å². The Balaban J connectivity index is 2.59. The third kappa shape index (κ3) is 3.93. The summed E-state index contributed by atoms with van der Waals surface area (Å²) in [5.41, 5.74) is 0. The SMILES string of the molecule is CCSC(=S)Sc1nc(Cl)c(Cl)s1. The van der Waals surface area contributed by atoms with Crippen LogP contribution >= 0.6 is 70.3 Å². The molecule has 0 saturated carbocycles. The molecule has 0 aliphatic carbocycles. The van der Waals surface area contributed by atoms with Crippen molar-refractivity contribution in [2.45, 2.75) is 11.3 Å². The quantitative estimate of drug-likeness (QED) is 0.583. The third-order valence-electron chi connectivity index (χ3n) is 0.961. The van der Waals surface area contributed by atoms with E-state index in [2.05, 4.69) is 11.9 Å². The Labute approximate surface area is 105 Å². The number of nitrogens with zero attached hydrogens (tertiary/aromatic N) is 1. The highest BCUT2D eigenvalue weighted by Crippen LogP contribution is 2.36. The molecular weight excluding hydrogens is 285 g/mol. The smallest absolute Gasteiger partial charge is 0.160 e. The summed E-state index contributed by atoms with van der Waals surface area (Å²) in [6, 6.07) is 0. The van der Waals surface area contributed by atoms with Gasteiger partial charge >= 0.3 is 0 Å². The van der Waals surface area contributed by atoms with E-state index in [0.29, 0.717) is 9.49 Å². The molecule has 72 valence electrons. The molecule has 0 N–H and O–H groups in total. The summed E-state index contributed by atoms with van der Waals surface area (Å²) in [6.07, 6.45) is 0. The van der Waals surface area contributed by atoms with Crippen LogP contribution in [0.5, 0.6) is 0 Å². The minimum absolute atomic E-state index is 0.360. The van der Waals surface area contributed by atoms with Crippen molar-refractivity contribution in [2.24, 2.45) is 0 Å². The molecule has 0 spiro atoms. The molecule has 13 heavy (non-hydrogen) atoms. The molecule has 1 heterocycles. The van der Waals surface area contributed by atoms with Gasteiger partial charge in [-0.1, -0.05) is 53.7 Å². The molecule has 1 aromatic heterocycles. The van der Waals surface area contributed by atoms with Gasteiger partial charge in [0.15, 0.2) is 9.49 Å². The van der Waals surface area contributed by atoms with Gasteiger partial charge in [-0.25, -0.2) is 4.98 Å². The second kappa shape index (κ2) is 5.78. The standard InChI is InChI=1S/C6H5Cl2NS4/c1-2-11-6(10)13-5-9-3(7)4(8)12-5/h2H2,1H3. The highest BCUT2D eigenvalue weighted by molar-refractivity contribution is 8.47. The molecule has 7 heteroatoms. The van der Waals surface area contributed by atoms with Crippen molar-refractivity contribution >= 4 is 73.8 Å². The first-order chi connectivity index (χ1) is 6.13. The van der Waals surface area contributed by atoms with Crippen LogP contribution in [-0.4, -0.2) is 14.3 Å². The number of thiazole rings is 1. The topological polar surface area (TPSA) is 12.9 Å². The minimum Gasteiger partial charge on any atom is -0.216 e. The number of halogens is 2. The lowest BCUT2D eigenvalue weighted by molar-refractivity contribution is 1.26. The molecule has 1 rings (SSSR count). The third-order valence-corrected chi connectivity index (χ3v) is 5.16. The highest BCUT2D eigenvalue weighted by atomic mass is 35.5. The van der Waals surface area contributed by atoms with Crippen LogP contribution in [0, 0.1) is 0 Å². The minimum atomic E-state index is 0.360. The fourth-order valence-corrected chi connectivity index (χ4v) is 4.56. The number of thioether (sulfide) groups is 2. The monoisotopic (exact) mass is 289 g/mol. The molecule has 1 aromatic rings. The van der Waals surface area contributed by atoms with E-state index in [9.17, 15) is 0 Å². The Morgan fingerprint density at radius 2 is 2.31 bits per heavy atom. The Hall–Kier alpha value is 1.000. The lowest BCUT2D eigenvalue weighted by atomic mass is 11.0. The summed E-state index contributed by atoms with van der Waals surface area (Å²) >= 11 is 20.9. The lowest BCUT2D eigenvalue weighted by Gasteiger charge is -1.95. The van der Waals surface area contributed by atoms with E-state index in [-0.39, 0.29) is 0 Å². The van der Waals surface area contributed by atoms with Crippen LogP contribution in [0.25, 0.3) is 0 Å². The summed E-state index contributed by atoms with van der Waals surface area (Å²) in [4.78, 5) is 4.05. The molecule has 0 aromatic carbocycles. The molecule has 0 bridgehead atoms. The average Bonchev–Trinajstić information content (AvgIpc) is 2.31. The summed E-state index contributed by atoms with van der Waals surface area (Å²) in [5, 5.41) is 0.360. The predicted molar refractivity (Wildman–Crippen MR) is 68.7 cm³/mol. The fourth-order valence-electron chi connectivity index (χ4n) is 0.528. The van der Waals surface area contributed by atoms with Crippen LogP contribution in [0.1, 0.15) is 6.92 Å². The van der Waals surface area contributed by atoms with Gasteiger partial charge in [0.25, 0.3) is 0 Å². The molecule has 0 fully saturated rings. The van der Waals surface area contributed by atoms with Gasteiger partial charge in [0, 0.05) is 0 Å². The van der Waals surface area contributed by atoms with E-state index < -0.39 is 0 Å². The lowest BCUT2D eigenvalue weighted by Crippen LogP contribution is -1.80. The van der Waals surface area contributed by atoms with Gasteiger partial charge in [-0.15, -0.1) is 11.8 Å². The second-order valence-electron chi connectivity index (χ2n) is 1.83. The molecular formula is C6H5Cl2NS4. The van der Waals surface area contributed by atoms with Crippen LogP contribution in [0.4, 0.5) is 0 Å². The first-order valence-electron chi connectivity index (χ1n) is 3.30. The van der Waals surface area contributed by atoms with E-state index in [0.717, 1.165) is 13.6 Å². The Morgan fingerprint density at radius 1 is 1.62 bits per heavy atom. The number of aromatic nitrogens is 1. The van der Waals surface area contributed by atoms with Gasteiger partial charge in [-0.3, -0.25) is 0 Å². The number of hydrogen-bond donors (Lipinski definition) is 0. The number of rotatable bonds is 2. The highest BCUT2D eigenvalue weighted by Gasteiger charge is 2.09. The molecule has 0 saturated heterocycles. The van der Waals surface area contributed by atoms with Crippen molar-refractivity contribution < 1.29 is 0 Å². The maximum absolute atomic E-state index is 5.75. The van der Waals surface area contributed by atoms with Gasteiger partial charge in [-0.2, -0.15) is 0 Å². The molecule has 0 amide bonds. The van der Waals surface area contributed by atoms with E-state index >= 15 is 0 Å². The van der Waals surface area contributed by atoms with E-state index in [1.165, 1.54) is 23.1 Å². The van der Waals surface area contributed by atoms with Gasteiger partial charge < -0.3 is 0 Å². The zero-order valence-corrected chi connectivity index (χ0v) is 11.3. The first-order valence-corrected chi connectivity index (χ1v) is 7.08. The number of hydrogen-bond acceptors (Lipinski definition) is 5. The maximum atomic E-state index is 5.75. The molecule has 0 radical (unpaired) electrons. The van der Waals surface area contributed by atoms with Crippen molar-refractivity contribution in [3.63, 3.8) is 0 Å². The zero-order chi connectivity index (χ0) is 9.84. The van der Waals surface area contributed by atoms with Gasteiger partial charge in [0.1, 0.15) is 7.86 Å². The van der Waals surface area contributed by atoms with Crippen molar-refractivity contribution in [2.75, 3.05) is 5.75 Å². The van der Waals surface area contributed by atoms with Crippen LogP contribution in [-0.2, 0) is 0 Å². The van der Waals surface area contributed by atoms with Crippen LogP contribution in [0.2, 0.25) is 9.49 Å². The van der Waals surface area contributed by atoms with Crippen molar-refractivity contribution in [3.05, 3.63) is 9.49 Å². The summed E-state index contributed by atoms with van der Waals surface area (Å²) in [5.74, 6) is 0.971. The predicted octanol–water partition coefficient (Wildman–Crippen LogP) is 4.58. The van der Waals surface area contributed by atoms with E-state index in [4.69, 9.17) is 35.4 Å². The van der Waals surface area contributed by atoms with Crippen LogP contribution in [0.15, 0.2) is 4.34 Å². The summed E-state index contributed by atoms with van der Waals surface area (Å²) < 4.78 is 2.18. The number of thiocarbonyl (C=S) groups is 1. The maximum Gasteiger partial charge on any atom is 0.160 e. The zero-order valence-electron chi connectivity index (χ0n) is 6.54. The summed E-state index contributed by atoms with van der Waals surface area (Å²) in [6.45, 7) is 2.05. The molecule has 0 atom stereocenters. The first kappa shape index (κ1) is 12.1. The average molecular weight is 290 g/mol. The largest absolute Gasteiger partial charge is 0.216 e. The van der Waals surface area contributed by atoms with E-state index in [1.807, 2.05) is 0 Å². The molecule has 1 nitrogen and oxygen atoms in total. The second-order valence-corrected chi connectivity index (χ2v) is 7.50. The van der Waals surface area contributed by atoms with Crippen LogP contribution < -0.4 is 0 Å². The normalized spacial score (nSPS) is 10.4. The Morgan fingerprint density at radius 3 is 2.77 bits per heavy atom.